The van der Waals surface area contributed by atoms with Crippen LogP contribution in [0.25, 0.3) is 0 Å². The van der Waals surface area contributed by atoms with Gasteiger partial charge in [0.05, 0.1) is 0 Å². The Hall–Kier alpha value is 0.00117. The number of hydrogen-bond donors (Lipinski definition) is 0. The van der Waals surface area contributed by atoms with Gasteiger partial charge < -0.3 is 51.8 Å². The Labute approximate surface area is 164 Å². The molecule has 0 spiro atoms. The van der Waals surface area contributed by atoms with E-state index < -0.39 is 39.2 Å². The van der Waals surface area contributed by atoms with Crippen LogP contribution in [0.4, 0.5) is 65.0 Å². The SMILES string of the molecule is F[B-](F)(F)F.F[B-](F)(F)F.F[B-](F)(F)F.Fc1c[c]([K])cc(F)c1F. The Morgan fingerprint density at radius 1 is 0.520 bits per heavy atom. The van der Waals surface area contributed by atoms with Crippen molar-refractivity contribution in [3.8, 4) is 0 Å². The summed E-state index contributed by atoms with van der Waals surface area (Å²) in [6.45, 7) is 0. The summed E-state index contributed by atoms with van der Waals surface area (Å²) < 4.78 is 154. The molecule has 0 aromatic heterocycles. The van der Waals surface area contributed by atoms with Crippen molar-refractivity contribution in [2.45, 2.75) is 0 Å². The molecule has 0 nitrogen and oxygen atoms in total. The van der Waals surface area contributed by atoms with Gasteiger partial charge in [-0.05, 0) is 0 Å². The third-order valence-electron chi connectivity index (χ3n) is 1.13. The summed E-state index contributed by atoms with van der Waals surface area (Å²) in [6, 6.07) is 2.05. The van der Waals surface area contributed by atoms with E-state index in [1.165, 1.54) is 0 Å². The molecular weight excluding hydrogens is 429 g/mol. The van der Waals surface area contributed by atoms with Crippen LogP contribution in [0.3, 0.4) is 0 Å². The molecule has 25 heavy (non-hydrogen) atoms. The van der Waals surface area contributed by atoms with Crippen molar-refractivity contribution in [2.75, 3.05) is 0 Å². The monoisotopic (exact) mass is 431 g/mol. The minimum atomic E-state index is -6.00. The number of hydrogen-bond acceptors (Lipinski definition) is 0. The van der Waals surface area contributed by atoms with E-state index in [0.29, 0.717) is -0.342 Å². The van der Waals surface area contributed by atoms with Crippen LogP contribution in [0.5, 0.6) is 0 Å². The molecule has 0 heterocycles. The van der Waals surface area contributed by atoms with E-state index in [0.717, 1.165) is 12.1 Å². The predicted molar refractivity (Wildman–Crippen MR) is 62.3 cm³/mol. The van der Waals surface area contributed by atoms with Crippen LogP contribution in [0.1, 0.15) is 0 Å². The minimum absolute atomic E-state index is 0.183. The molecule has 0 unspecified atom stereocenters. The standard InChI is InChI=1S/C6H2F3.3BF4.K/c7-4-2-1-3-5(8)6(4)9;3*2-1(3,4)5;/h2-3H;;;;/q;3*-1;. The van der Waals surface area contributed by atoms with Gasteiger partial charge in [-0.25, -0.2) is 0 Å². The quantitative estimate of drug-likeness (QED) is 0.315. The Kier molecular flexibility index (Phi) is 14.8. The van der Waals surface area contributed by atoms with Crippen LogP contribution in [-0.2, 0) is 0 Å². The zero-order valence-electron chi connectivity index (χ0n) is 11.6. The van der Waals surface area contributed by atoms with Crippen molar-refractivity contribution in [2.24, 2.45) is 0 Å². The Morgan fingerprint density at radius 2 is 0.680 bits per heavy atom. The third kappa shape index (κ3) is 45.4. The molecule has 0 saturated heterocycles. The maximum atomic E-state index is 12.3. The van der Waals surface area contributed by atoms with Gasteiger partial charge in [0.2, 0.25) is 0 Å². The van der Waals surface area contributed by atoms with Crippen molar-refractivity contribution < 1.29 is 65.0 Å². The number of rotatable bonds is 0. The molecule has 0 atom stereocenters. The molecule has 0 bridgehead atoms. The molecule has 0 aliphatic heterocycles. The molecule has 0 radical (unpaired) electrons. The van der Waals surface area contributed by atoms with Gasteiger partial charge in [-0.1, -0.05) is 0 Å². The normalized spacial score (nSPS) is 11.2. The fourth-order valence-corrected chi connectivity index (χ4v) is 1.47. The first-order valence-corrected chi connectivity index (χ1v) is 6.90. The van der Waals surface area contributed by atoms with Gasteiger partial charge in [-0.15, -0.1) is 0 Å². The fraction of sp³-hybridized carbons (Fsp3) is 0. The summed E-state index contributed by atoms with van der Waals surface area (Å²) in [4.78, 5) is 0. The third-order valence-corrected chi connectivity index (χ3v) is 2.03. The predicted octanol–water partition coefficient (Wildman–Crippen LogP) is 4.80. The van der Waals surface area contributed by atoms with Crippen molar-refractivity contribution in [1.29, 1.82) is 0 Å². The topological polar surface area (TPSA) is 0 Å². The second-order valence-electron chi connectivity index (χ2n) is 3.53. The van der Waals surface area contributed by atoms with Crippen molar-refractivity contribution in [1.82, 2.24) is 0 Å². The van der Waals surface area contributed by atoms with E-state index in [-0.39, 0.29) is 49.0 Å². The van der Waals surface area contributed by atoms with Crippen LogP contribution in [-0.4, -0.2) is 70.7 Å². The molecule has 0 aliphatic carbocycles. The van der Waals surface area contributed by atoms with E-state index in [1.54, 1.807) is 0 Å². The van der Waals surface area contributed by atoms with Gasteiger partial charge in [0.15, 0.2) is 0 Å². The molecule has 144 valence electrons. The van der Waals surface area contributed by atoms with Crippen molar-refractivity contribution >= 4 is 70.4 Å². The maximum absolute atomic E-state index is 12.3. The van der Waals surface area contributed by atoms with Crippen LogP contribution in [0.15, 0.2) is 12.1 Å². The summed E-state index contributed by atoms with van der Waals surface area (Å²) in [7, 11) is -18.0. The Bertz CT molecular complexity index is 424. The molecule has 1 aromatic rings. The van der Waals surface area contributed by atoms with Gasteiger partial charge in [0.1, 0.15) is 0 Å². The summed E-state index contributed by atoms with van der Waals surface area (Å²) in [5.74, 6) is -3.57. The van der Waals surface area contributed by atoms with Gasteiger partial charge in [0, 0.05) is 0 Å². The van der Waals surface area contributed by atoms with E-state index in [1.807, 2.05) is 0 Å². The van der Waals surface area contributed by atoms with E-state index in [2.05, 4.69) is 0 Å². The second kappa shape index (κ2) is 12.4. The van der Waals surface area contributed by atoms with Gasteiger partial charge >= 0.3 is 113 Å². The average molecular weight is 431 g/mol. The summed E-state index contributed by atoms with van der Waals surface area (Å²) in [5.41, 5.74) is 0. The molecule has 0 fully saturated rings. The average Bonchev–Trinajstić information content (AvgIpc) is 2.18. The second-order valence-corrected chi connectivity index (χ2v) is 5.33. The fourth-order valence-electron chi connectivity index (χ4n) is 0.682. The van der Waals surface area contributed by atoms with Crippen molar-refractivity contribution in [3.63, 3.8) is 0 Å². The van der Waals surface area contributed by atoms with Gasteiger partial charge in [-0.2, -0.15) is 0 Å². The van der Waals surface area contributed by atoms with Crippen molar-refractivity contribution in [3.05, 3.63) is 29.6 Å². The molecule has 19 heteroatoms. The first-order chi connectivity index (χ1) is 10.6. The molecular formula is C6H2B3F15K-3. The zero-order chi connectivity index (χ0) is 21.2. The Balaban J connectivity index is -0.000000279. The molecule has 1 aromatic carbocycles. The first kappa shape index (κ1) is 29.8. The molecule has 0 aliphatic rings. The first-order valence-electron chi connectivity index (χ1n) is 5.34. The molecule has 0 N–H and O–H groups in total. The zero-order valence-corrected chi connectivity index (χ0v) is 14.7. The van der Waals surface area contributed by atoms with Gasteiger partial charge in [0.25, 0.3) is 0 Å². The van der Waals surface area contributed by atoms with E-state index in [4.69, 9.17) is 0 Å². The summed E-state index contributed by atoms with van der Waals surface area (Å²) >= 11 is 0.183. The molecule has 1 rings (SSSR count). The number of benzene rings is 1. The number of halogens is 15. The van der Waals surface area contributed by atoms with Crippen LogP contribution >= 0.6 is 0 Å². The van der Waals surface area contributed by atoms with E-state index in [9.17, 15) is 65.0 Å². The van der Waals surface area contributed by atoms with Gasteiger partial charge in [-0.3, -0.25) is 0 Å². The van der Waals surface area contributed by atoms with Crippen LogP contribution in [0, 0.1) is 17.5 Å². The molecule has 0 amide bonds. The van der Waals surface area contributed by atoms with E-state index >= 15 is 0 Å². The van der Waals surface area contributed by atoms with Crippen LogP contribution in [0.2, 0.25) is 0 Å². The van der Waals surface area contributed by atoms with Crippen LogP contribution < -0.4 is -0.342 Å². The summed E-state index contributed by atoms with van der Waals surface area (Å²) in [6.07, 6.45) is 0. The summed E-state index contributed by atoms with van der Waals surface area (Å²) in [5, 5.41) is 0. The Morgan fingerprint density at radius 3 is 0.840 bits per heavy atom. The molecule has 0 saturated carbocycles.